The smallest absolute Gasteiger partial charge is 0.230 e. The molecule has 2 saturated heterocycles. The van der Waals surface area contributed by atoms with E-state index in [-0.39, 0.29) is 52.7 Å². The Morgan fingerprint density at radius 2 is 1.73 bits per heavy atom. The maximum Gasteiger partial charge on any atom is 0.230 e. The van der Waals surface area contributed by atoms with E-state index < -0.39 is 8.32 Å². The Morgan fingerprint density at radius 3 is 2.31 bits per heavy atom. The summed E-state index contributed by atoms with van der Waals surface area (Å²) in [6.45, 7) is 12.9. The summed E-state index contributed by atoms with van der Waals surface area (Å²) in [4.78, 5) is 36.1. The van der Waals surface area contributed by atoms with Gasteiger partial charge in [-0.1, -0.05) is 32.4 Å². The van der Waals surface area contributed by atoms with Gasteiger partial charge in [0.25, 0.3) is 0 Å². The van der Waals surface area contributed by atoms with Gasteiger partial charge < -0.3 is 9.74 Å². The number of hydrogen-bond donors (Lipinski definition) is 2. The second-order valence-electron chi connectivity index (χ2n) is 9.38. The highest BCUT2D eigenvalue weighted by molar-refractivity contribution is 6.74. The Bertz CT molecular complexity index is 680. The Labute approximate surface area is 156 Å². The number of β-lactam (4-membered cyclic amide) rings is 1. The van der Waals surface area contributed by atoms with Crippen molar-refractivity contribution < 1.29 is 18.8 Å². The second kappa shape index (κ2) is 6.30. The average Bonchev–Trinajstić information content (AvgIpc) is 2.77. The van der Waals surface area contributed by atoms with Gasteiger partial charge in [0.1, 0.15) is 0 Å². The normalized spacial score (nSPS) is 33.0. The van der Waals surface area contributed by atoms with Gasteiger partial charge in [0.05, 0.1) is 29.9 Å². The van der Waals surface area contributed by atoms with Gasteiger partial charge in [0.15, 0.2) is 8.32 Å². The van der Waals surface area contributed by atoms with Crippen LogP contribution in [0.3, 0.4) is 0 Å². The lowest BCUT2D eigenvalue weighted by Crippen LogP contribution is -2.64. The van der Waals surface area contributed by atoms with Crippen LogP contribution in [-0.4, -0.2) is 38.2 Å². The van der Waals surface area contributed by atoms with Crippen LogP contribution in [0.1, 0.15) is 40.5 Å². The number of amides is 3. The van der Waals surface area contributed by atoms with Gasteiger partial charge in [-0.25, -0.2) is 0 Å². The summed E-state index contributed by atoms with van der Waals surface area (Å²) in [6.07, 6.45) is 2.97. The molecular formula is C19H30N2O4Si. The molecule has 2 aliphatic heterocycles. The number of imide groups is 1. The maximum absolute atomic E-state index is 12.3. The summed E-state index contributed by atoms with van der Waals surface area (Å²) in [7, 11) is -1.97. The van der Waals surface area contributed by atoms with Crippen molar-refractivity contribution in [1.82, 2.24) is 10.6 Å². The molecule has 7 heteroatoms. The molecule has 3 aliphatic rings. The molecule has 6 nitrogen and oxygen atoms in total. The number of carbonyl (C=O) groups excluding carboxylic acids is 3. The molecule has 0 aromatic carbocycles. The molecule has 2 fully saturated rings. The first-order valence-corrected chi connectivity index (χ1v) is 12.3. The summed E-state index contributed by atoms with van der Waals surface area (Å²) >= 11 is 0. The summed E-state index contributed by atoms with van der Waals surface area (Å²) < 4.78 is 6.44. The van der Waals surface area contributed by atoms with Crippen molar-refractivity contribution in [2.75, 3.05) is 0 Å². The molecule has 5 unspecified atom stereocenters. The molecule has 144 valence electrons. The van der Waals surface area contributed by atoms with Crippen molar-refractivity contribution in [3.05, 3.63) is 11.6 Å². The molecule has 26 heavy (non-hydrogen) atoms. The summed E-state index contributed by atoms with van der Waals surface area (Å²) in [6, 6.07) is -0.0910. The SMILES string of the molecule is CC(O[Si](C)(C)C(C)(C)C)C1C(=O)NC1C1=CCC2C(=O)NC(=O)C2C1. The third-order valence-corrected chi connectivity index (χ3v) is 11.2. The van der Waals surface area contributed by atoms with Crippen LogP contribution in [0.2, 0.25) is 18.1 Å². The van der Waals surface area contributed by atoms with Gasteiger partial charge in [-0.15, -0.1) is 0 Å². The van der Waals surface area contributed by atoms with Gasteiger partial charge in [-0.3, -0.25) is 19.7 Å². The fraction of sp³-hybridized carbons (Fsp3) is 0.737. The summed E-state index contributed by atoms with van der Waals surface area (Å²) in [5.41, 5.74) is 1.06. The van der Waals surface area contributed by atoms with Gasteiger partial charge in [0, 0.05) is 0 Å². The standard InChI is InChI=1S/C19H30N2O4Si/c1-10(25-26(5,6)19(2,3)4)14-15(20-18(14)24)11-7-8-12-13(9-11)17(23)21-16(12)22/h7,10,12-15H,8-9H2,1-6H3,(H,20,24)(H,21,22,23). The molecule has 3 amide bonds. The fourth-order valence-corrected chi connectivity index (χ4v) is 5.39. The van der Waals surface area contributed by atoms with Crippen LogP contribution in [0, 0.1) is 17.8 Å². The number of hydrogen-bond acceptors (Lipinski definition) is 4. The zero-order chi connectivity index (χ0) is 19.4. The van der Waals surface area contributed by atoms with Crippen LogP contribution in [-0.2, 0) is 18.8 Å². The largest absolute Gasteiger partial charge is 0.413 e. The first-order chi connectivity index (χ1) is 11.9. The molecule has 3 rings (SSSR count). The van der Waals surface area contributed by atoms with Crippen molar-refractivity contribution >= 4 is 26.0 Å². The number of rotatable bonds is 4. The van der Waals surface area contributed by atoms with Crippen LogP contribution in [0.4, 0.5) is 0 Å². The summed E-state index contributed by atoms with van der Waals surface area (Å²) in [5.74, 6) is -1.11. The predicted molar refractivity (Wildman–Crippen MR) is 101 cm³/mol. The monoisotopic (exact) mass is 378 g/mol. The molecule has 5 atom stereocenters. The van der Waals surface area contributed by atoms with Gasteiger partial charge >= 0.3 is 0 Å². The van der Waals surface area contributed by atoms with Gasteiger partial charge in [-0.05, 0) is 37.9 Å². The highest BCUT2D eigenvalue weighted by Gasteiger charge is 2.51. The number of carbonyl (C=O) groups is 3. The Balaban J connectivity index is 1.72. The van der Waals surface area contributed by atoms with Crippen molar-refractivity contribution in [3.8, 4) is 0 Å². The Hall–Kier alpha value is -1.47. The molecule has 0 bridgehead atoms. The van der Waals surface area contributed by atoms with E-state index in [1.807, 2.05) is 13.0 Å². The van der Waals surface area contributed by atoms with E-state index in [4.69, 9.17) is 4.43 Å². The first kappa shape index (κ1) is 19.3. The molecule has 0 aromatic heterocycles. The van der Waals surface area contributed by atoms with Crippen molar-refractivity contribution in [1.29, 1.82) is 0 Å². The van der Waals surface area contributed by atoms with Crippen LogP contribution < -0.4 is 10.6 Å². The highest BCUT2D eigenvalue weighted by Crippen LogP contribution is 2.42. The van der Waals surface area contributed by atoms with E-state index in [0.717, 1.165) is 5.57 Å². The van der Waals surface area contributed by atoms with Crippen LogP contribution in [0.5, 0.6) is 0 Å². The van der Waals surface area contributed by atoms with Crippen molar-refractivity contribution in [2.45, 2.75) is 70.8 Å². The fourth-order valence-electron chi connectivity index (χ4n) is 3.96. The van der Waals surface area contributed by atoms with E-state index in [0.29, 0.717) is 12.8 Å². The van der Waals surface area contributed by atoms with Gasteiger partial charge in [0.2, 0.25) is 17.7 Å². The van der Waals surface area contributed by atoms with Crippen molar-refractivity contribution in [2.24, 2.45) is 17.8 Å². The zero-order valence-electron chi connectivity index (χ0n) is 16.5. The third kappa shape index (κ3) is 3.15. The number of allylic oxidation sites excluding steroid dienone is 1. The van der Waals surface area contributed by atoms with Crippen LogP contribution in [0.15, 0.2) is 11.6 Å². The minimum absolute atomic E-state index is 0.0104. The lowest BCUT2D eigenvalue weighted by molar-refractivity contribution is -0.138. The van der Waals surface area contributed by atoms with Crippen LogP contribution >= 0.6 is 0 Å². The molecule has 2 heterocycles. The average molecular weight is 379 g/mol. The van der Waals surface area contributed by atoms with Gasteiger partial charge in [-0.2, -0.15) is 0 Å². The van der Waals surface area contributed by atoms with E-state index in [9.17, 15) is 14.4 Å². The molecular weight excluding hydrogens is 348 g/mol. The molecule has 1 aliphatic carbocycles. The van der Waals surface area contributed by atoms with E-state index in [1.54, 1.807) is 0 Å². The number of fused-ring (bicyclic) bond motifs is 1. The Morgan fingerprint density at radius 1 is 1.12 bits per heavy atom. The quantitative estimate of drug-likeness (QED) is 0.340. The highest BCUT2D eigenvalue weighted by atomic mass is 28.4. The predicted octanol–water partition coefficient (Wildman–Crippen LogP) is 2.12. The zero-order valence-corrected chi connectivity index (χ0v) is 17.5. The lowest BCUT2D eigenvalue weighted by Gasteiger charge is -2.46. The molecule has 0 aromatic rings. The third-order valence-electron chi connectivity index (χ3n) is 6.65. The van der Waals surface area contributed by atoms with E-state index in [1.165, 1.54) is 0 Å². The van der Waals surface area contributed by atoms with Crippen molar-refractivity contribution in [3.63, 3.8) is 0 Å². The summed E-state index contributed by atoms with van der Waals surface area (Å²) in [5, 5.41) is 5.49. The van der Waals surface area contributed by atoms with Crippen LogP contribution in [0.25, 0.3) is 0 Å². The molecule has 2 N–H and O–H groups in total. The van der Waals surface area contributed by atoms with E-state index in [2.05, 4.69) is 44.5 Å². The maximum atomic E-state index is 12.3. The Kier molecular flexibility index (Phi) is 4.68. The molecule has 0 radical (unpaired) electrons. The minimum atomic E-state index is -1.97. The molecule has 0 spiro atoms. The minimum Gasteiger partial charge on any atom is -0.413 e. The number of nitrogens with one attached hydrogen (secondary N) is 2. The topological polar surface area (TPSA) is 84.5 Å². The molecule has 0 saturated carbocycles. The first-order valence-electron chi connectivity index (χ1n) is 9.44. The lowest BCUT2D eigenvalue weighted by atomic mass is 9.73. The van der Waals surface area contributed by atoms with E-state index >= 15 is 0 Å². The second-order valence-corrected chi connectivity index (χ2v) is 14.1.